The molecule has 0 aromatic heterocycles. The predicted molar refractivity (Wildman–Crippen MR) is 79.4 cm³/mol. The summed E-state index contributed by atoms with van der Waals surface area (Å²) in [6.45, 7) is 0.362. The number of amides is 1. The first-order valence-corrected chi connectivity index (χ1v) is 7.99. The molecule has 0 saturated heterocycles. The lowest BCUT2D eigenvalue weighted by molar-refractivity contribution is -0.115. The maximum Gasteiger partial charge on any atom is 0.241 e. The fourth-order valence-electron chi connectivity index (χ4n) is 1.62. The number of methoxy groups -OCH3 is 1. The molecule has 0 radical (unpaired) electrons. The number of nitrogens with zero attached hydrogens (tertiary/aromatic N) is 1. The molecular weight excluding hydrogens is 280 g/mol. The number of carbonyl (C=O) groups excluding carboxylic acids is 1. The molecule has 1 rings (SSSR count). The second kappa shape index (κ2) is 7.25. The van der Waals surface area contributed by atoms with E-state index in [-0.39, 0.29) is 5.75 Å². The Morgan fingerprint density at radius 2 is 1.90 bits per heavy atom. The third-order valence-corrected chi connectivity index (χ3v) is 4.40. The van der Waals surface area contributed by atoms with Gasteiger partial charge >= 0.3 is 0 Å². The minimum atomic E-state index is -3.41. The molecule has 6 nitrogen and oxygen atoms in total. The molecule has 0 aliphatic carbocycles. The average molecular weight is 300 g/mol. The number of nitrogens with two attached hydrogens (primary N) is 1. The van der Waals surface area contributed by atoms with Gasteiger partial charge in [0.05, 0.1) is 5.75 Å². The smallest absolute Gasteiger partial charge is 0.241 e. The molecule has 0 fully saturated rings. The van der Waals surface area contributed by atoms with Crippen LogP contribution in [0.3, 0.4) is 0 Å². The number of nitrogen functional groups attached to an aromatic ring is 1. The topological polar surface area (TPSA) is 89.7 Å². The summed E-state index contributed by atoms with van der Waals surface area (Å²) in [5, 5.41) is 0. The van der Waals surface area contributed by atoms with Gasteiger partial charge in [0.1, 0.15) is 5.75 Å². The van der Waals surface area contributed by atoms with Gasteiger partial charge in [-0.3, -0.25) is 4.79 Å². The second-order valence-electron chi connectivity index (χ2n) is 4.48. The summed E-state index contributed by atoms with van der Waals surface area (Å²) in [5.74, 6) is -1.02. The Labute approximate surface area is 119 Å². The van der Waals surface area contributed by atoms with E-state index in [1.165, 1.54) is 12.0 Å². The number of carbonyl (C=O) groups is 1. The highest BCUT2D eigenvalue weighted by Crippen LogP contribution is 2.15. The number of sulfone groups is 1. The van der Waals surface area contributed by atoms with Gasteiger partial charge in [-0.1, -0.05) is 0 Å². The molecule has 0 aliphatic heterocycles. The summed E-state index contributed by atoms with van der Waals surface area (Å²) in [5.41, 5.74) is 6.75. The van der Waals surface area contributed by atoms with Crippen molar-refractivity contribution < 1.29 is 17.9 Å². The van der Waals surface area contributed by atoms with Crippen LogP contribution in [0, 0.1) is 0 Å². The van der Waals surface area contributed by atoms with E-state index in [1.807, 2.05) is 0 Å². The zero-order chi connectivity index (χ0) is 15.2. The van der Waals surface area contributed by atoms with Crippen molar-refractivity contribution in [2.45, 2.75) is 6.42 Å². The lowest BCUT2D eigenvalue weighted by Crippen LogP contribution is -2.33. The molecular formula is C13H20N2O4S. The van der Waals surface area contributed by atoms with Crippen LogP contribution in [0.25, 0.3) is 0 Å². The average Bonchev–Trinajstić information content (AvgIpc) is 2.38. The van der Waals surface area contributed by atoms with Crippen molar-refractivity contribution in [3.63, 3.8) is 0 Å². The van der Waals surface area contributed by atoms with Crippen LogP contribution < -0.4 is 10.6 Å². The first kappa shape index (κ1) is 16.5. The van der Waals surface area contributed by atoms with E-state index in [0.717, 1.165) is 0 Å². The van der Waals surface area contributed by atoms with Crippen molar-refractivity contribution in [2.75, 3.05) is 42.9 Å². The molecule has 0 bridgehead atoms. The largest absolute Gasteiger partial charge is 0.399 e. The van der Waals surface area contributed by atoms with E-state index in [4.69, 9.17) is 10.5 Å². The summed E-state index contributed by atoms with van der Waals surface area (Å²) >= 11 is 0. The van der Waals surface area contributed by atoms with Crippen molar-refractivity contribution in [3.8, 4) is 0 Å². The number of benzene rings is 1. The summed E-state index contributed by atoms with van der Waals surface area (Å²) in [4.78, 5) is 13.3. The van der Waals surface area contributed by atoms with Gasteiger partial charge in [-0.05, 0) is 30.7 Å². The zero-order valence-electron chi connectivity index (χ0n) is 11.7. The first-order chi connectivity index (χ1) is 9.35. The van der Waals surface area contributed by atoms with Gasteiger partial charge in [-0.25, -0.2) is 8.42 Å². The highest BCUT2D eigenvalue weighted by molar-refractivity contribution is 7.92. The van der Waals surface area contributed by atoms with Crippen LogP contribution in [0.5, 0.6) is 0 Å². The number of hydrogen-bond donors (Lipinski definition) is 1. The molecule has 0 aliphatic rings. The van der Waals surface area contributed by atoms with Crippen molar-refractivity contribution in [1.82, 2.24) is 0 Å². The standard InChI is InChI=1S/C13H20N2O4S/c1-15(12-6-4-11(14)5-7-12)13(16)10-20(17,18)9-3-8-19-2/h4-7H,3,8-10,14H2,1-2H3. The Kier molecular flexibility index (Phi) is 5.97. The van der Waals surface area contributed by atoms with Gasteiger partial charge < -0.3 is 15.4 Å². The minimum Gasteiger partial charge on any atom is -0.399 e. The monoisotopic (exact) mass is 300 g/mol. The van der Waals surface area contributed by atoms with Crippen LogP contribution in [0.1, 0.15) is 6.42 Å². The molecule has 0 unspecified atom stereocenters. The van der Waals surface area contributed by atoms with Gasteiger partial charge in [0, 0.05) is 32.1 Å². The molecule has 0 saturated carbocycles. The Hall–Kier alpha value is -1.60. The highest BCUT2D eigenvalue weighted by atomic mass is 32.2. The van der Waals surface area contributed by atoms with Crippen LogP contribution in [-0.4, -0.2) is 46.6 Å². The third-order valence-electron chi connectivity index (χ3n) is 2.80. The van der Waals surface area contributed by atoms with E-state index in [9.17, 15) is 13.2 Å². The molecule has 0 atom stereocenters. The summed E-state index contributed by atoms with van der Waals surface area (Å²) in [7, 11) is -0.363. The Morgan fingerprint density at radius 3 is 2.45 bits per heavy atom. The number of anilines is 2. The maximum absolute atomic E-state index is 12.0. The molecule has 112 valence electrons. The Morgan fingerprint density at radius 1 is 1.30 bits per heavy atom. The van der Waals surface area contributed by atoms with E-state index < -0.39 is 21.5 Å². The molecule has 2 N–H and O–H groups in total. The lowest BCUT2D eigenvalue weighted by atomic mass is 10.2. The fraction of sp³-hybridized carbons (Fsp3) is 0.462. The Bertz CT molecular complexity index is 540. The molecule has 1 aromatic carbocycles. The number of ether oxygens (including phenoxy) is 1. The zero-order valence-corrected chi connectivity index (χ0v) is 12.5. The predicted octanol–water partition coefficient (Wildman–Crippen LogP) is 0.683. The van der Waals surface area contributed by atoms with Crippen LogP contribution >= 0.6 is 0 Å². The van der Waals surface area contributed by atoms with Gasteiger partial charge in [0.15, 0.2) is 9.84 Å². The molecule has 1 aromatic rings. The number of rotatable bonds is 7. The van der Waals surface area contributed by atoms with E-state index in [1.54, 1.807) is 31.3 Å². The highest BCUT2D eigenvalue weighted by Gasteiger charge is 2.20. The molecule has 1 amide bonds. The molecule has 0 spiro atoms. The van der Waals surface area contributed by atoms with Crippen LogP contribution in [-0.2, 0) is 19.4 Å². The maximum atomic E-state index is 12.0. The van der Waals surface area contributed by atoms with Gasteiger partial charge in [0.25, 0.3) is 0 Å². The normalized spacial score (nSPS) is 11.3. The van der Waals surface area contributed by atoms with E-state index >= 15 is 0 Å². The summed E-state index contributed by atoms with van der Waals surface area (Å²) < 4.78 is 28.4. The SMILES string of the molecule is COCCCS(=O)(=O)CC(=O)N(C)c1ccc(N)cc1. The Balaban J connectivity index is 2.63. The molecule has 20 heavy (non-hydrogen) atoms. The molecule has 0 heterocycles. The van der Waals surface area contributed by atoms with Crippen molar-refractivity contribution in [2.24, 2.45) is 0 Å². The van der Waals surface area contributed by atoms with E-state index in [2.05, 4.69) is 0 Å². The lowest BCUT2D eigenvalue weighted by Gasteiger charge is -2.17. The minimum absolute atomic E-state index is 0.0534. The van der Waals surface area contributed by atoms with Crippen molar-refractivity contribution in [3.05, 3.63) is 24.3 Å². The van der Waals surface area contributed by atoms with Crippen LogP contribution in [0.4, 0.5) is 11.4 Å². The summed E-state index contributed by atoms with van der Waals surface area (Å²) in [6, 6.07) is 6.66. The van der Waals surface area contributed by atoms with E-state index in [0.29, 0.717) is 24.4 Å². The van der Waals surface area contributed by atoms with Gasteiger partial charge in [-0.2, -0.15) is 0 Å². The first-order valence-electron chi connectivity index (χ1n) is 6.17. The molecule has 7 heteroatoms. The quantitative estimate of drug-likeness (QED) is 0.591. The summed E-state index contributed by atoms with van der Waals surface area (Å²) in [6.07, 6.45) is 0.387. The van der Waals surface area contributed by atoms with Gasteiger partial charge in [-0.15, -0.1) is 0 Å². The van der Waals surface area contributed by atoms with Crippen LogP contribution in [0.15, 0.2) is 24.3 Å². The van der Waals surface area contributed by atoms with Crippen LogP contribution in [0.2, 0.25) is 0 Å². The van der Waals surface area contributed by atoms with Crippen molar-refractivity contribution in [1.29, 1.82) is 0 Å². The second-order valence-corrected chi connectivity index (χ2v) is 6.67. The third kappa shape index (κ3) is 5.18. The van der Waals surface area contributed by atoms with Gasteiger partial charge in [0.2, 0.25) is 5.91 Å². The van der Waals surface area contributed by atoms with Crippen molar-refractivity contribution >= 4 is 27.1 Å². The fourth-order valence-corrected chi connectivity index (χ4v) is 2.89. The number of hydrogen-bond acceptors (Lipinski definition) is 5.